The molecule has 3 nitrogen and oxygen atoms in total. The van der Waals surface area contributed by atoms with Gasteiger partial charge in [-0.15, -0.1) is 0 Å². The van der Waals surface area contributed by atoms with Gasteiger partial charge < -0.3 is 5.32 Å². The van der Waals surface area contributed by atoms with E-state index in [1.165, 1.54) is 55.5 Å². The molecule has 1 saturated carbocycles. The third kappa shape index (κ3) is 3.85. The standard InChI is InChI=1S/C17H31N3/c1-5-18-16(12-15-8-6-7-9-15)10-11-17-13(2)19-20(4)14(17)3/h15-16,18H,5-12H2,1-4H3. The molecular weight excluding hydrogens is 246 g/mol. The van der Waals surface area contributed by atoms with Crippen molar-refractivity contribution >= 4 is 0 Å². The molecule has 3 heteroatoms. The van der Waals surface area contributed by atoms with Gasteiger partial charge in [-0.1, -0.05) is 32.6 Å². The van der Waals surface area contributed by atoms with Crippen LogP contribution >= 0.6 is 0 Å². The molecule has 1 heterocycles. The normalized spacial score (nSPS) is 17.8. The Morgan fingerprint density at radius 3 is 2.55 bits per heavy atom. The first-order chi connectivity index (χ1) is 9.61. The number of hydrogen-bond donors (Lipinski definition) is 1. The third-order valence-electron chi connectivity index (χ3n) is 4.99. The van der Waals surface area contributed by atoms with E-state index in [2.05, 4.69) is 31.2 Å². The first-order valence-corrected chi connectivity index (χ1v) is 8.34. The minimum Gasteiger partial charge on any atom is -0.314 e. The van der Waals surface area contributed by atoms with Gasteiger partial charge in [-0.3, -0.25) is 4.68 Å². The van der Waals surface area contributed by atoms with E-state index in [1.54, 1.807) is 0 Å². The van der Waals surface area contributed by atoms with Crippen molar-refractivity contribution in [2.45, 2.75) is 71.8 Å². The lowest BCUT2D eigenvalue weighted by Crippen LogP contribution is -2.31. The summed E-state index contributed by atoms with van der Waals surface area (Å²) in [5.74, 6) is 0.968. The second-order valence-corrected chi connectivity index (χ2v) is 6.45. The Labute approximate surface area is 124 Å². The Hall–Kier alpha value is -0.830. The lowest BCUT2D eigenvalue weighted by molar-refractivity contribution is 0.376. The van der Waals surface area contributed by atoms with Crippen LogP contribution in [-0.4, -0.2) is 22.4 Å². The maximum Gasteiger partial charge on any atom is 0.0628 e. The summed E-state index contributed by atoms with van der Waals surface area (Å²) in [5, 5.41) is 8.23. The van der Waals surface area contributed by atoms with E-state index in [1.807, 2.05) is 11.7 Å². The zero-order valence-corrected chi connectivity index (χ0v) is 13.7. The van der Waals surface area contributed by atoms with Crippen molar-refractivity contribution in [3.63, 3.8) is 0 Å². The highest BCUT2D eigenvalue weighted by Crippen LogP contribution is 2.29. The molecule has 0 saturated heterocycles. The Bertz CT molecular complexity index is 416. The van der Waals surface area contributed by atoms with Crippen LogP contribution in [0.2, 0.25) is 0 Å². The number of hydrogen-bond acceptors (Lipinski definition) is 2. The third-order valence-corrected chi connectivity index (χ3v) is 4.99. The van der Waals surface area contributed by atoms with Crippen LogP contribution in [-0.2, 0) is 13.5 Å². The zero-order valence-electron chi connectivity index (χ0n) is 13.7. The van der Waals surface area contributed by atoms with Gasteiger partial charge in [0.2, 0.25) is 0 Å². The first-order valence-electron chi connectivity index (χ1n) is 8.34. The summed E-state index contributed by atoms with van der Waals surface area (Å²) in [6.45, 7) is 7.64. The first kappa shape index (κ1) is 15.6. The molecule has 0 spiro atoms. The molecule has 0 radical (unpaired) electrons. The molecule has 20 heavy (non-hydrogen) atoms. The molecule has 0 aliphatic heterocycles. The Balaban J connectivity index is 1.90. The van der Waals surface area contributed by atoms with Gasteiger partial charge in [-0.2, -0.15) is 5.10 Å². The molecular formula is C17H31N3. The molecule has 1 fully saturated rings. The summed E-state index contributed by atoms with van der Waals surface area (Å²) >= 11 is 0. The van der Waals surface area contributed by atoms with Gasteiger partial charge in [-0.05, 0) is 51.1 Å². The SMILES string of the molecule is CCNC(CCc1c(C)nn(C)c1C)CC1CCCC1. The summed E-state index contributed by atoms with van der Waals surface area (Å²) in [6, 6.07) is 0.683. The van der Waals surface area contributed by atoms with Crippen molar-refractivity contribution in [2.75, 3.05) is 6.54 Å². The molecule has 1 aromatic rings. The summed E-state index contributed by atoms with van der Waals surface area (Å²) < 4.78 is 2.02. The van der Waals surface area contributed by atoms with Crippen molar-refractivity contribution in [3.05, 3.63) is 17.0 Å². The Morgan fingerprint density at radius 1 is 1.30 bits per heavy atom. The van der Waals surface area contributed by atoms with E-state index in [9.17, 15) is 0 Å². The Kier molecular flexibility index (Phi) is 5.64. The fourth-order valence-electron chi connectivity index (χ4n) is 3.74. The van der Waals surface area contributed by atoms with Gasteiger partial charge in [-0.25, -0.2) is 0 Å². The quantitative estimate of drug-likeness (QED) is 0.826. The van der Waals surface area contributed by atoms with Crippen LogP contribution in [0.3, 0.4) is 0 Å². The van der Waals surface area contributed by atoms with Gasteiger partial charge in [0.15, 0.2) is 0 Å². The van der Waals surface area contributed by atoms with Crippen molar-refractivity contribution < 1.29 is 0 Å². The van der Waals surface area contributed by atoms with Gasteiger partial charge in [0.05, 0.1) is 5.69 Å². The lowest BCUT2D eigenvalue weighted by Gasteiger charge is -2.21. The molecule has 0 amide bonds. The molecule has 1 atom stereocenters. The minimum atomic E-state index is 0.683. The summed E-state index contributed by atoms with van der Waals surface area (Å²) in [5.41, 5.74) is 4.00. The second-order valence-electron chi connectivity index (χ2n) is 6.45. The zero-order chi connectivity index (χ0) is 14.5. The molecule has 1 unspecified atom stereocenters. The largest absolute Gasteiger partial charge is 0.314 e. The number of aryl methyl sites for hydroxylation is 2. The molecule has 1 aliphatic rings. The van der Waals surface area contributed by atoms with Crippen molar-refractivity contribution in [1.82, 2.24) is 15.1 Å². The van der Waals surface area contributed by atoms with E-state index in [0.717, 1.165) is 18.9 Å². The highest BCUT2D eigenvalue weighted by molar-refractivity contribution is 5.24. The molecule has 114 valence electrons. The number of rotatable bonds is 7. The molecule has 1 aliphatic carbocycles. The number of nitrogens with zero attached hydrogens (tertiary/aromatic N) is 2. The van der Waals surface area contributed by atoms with E-state index in [4.69, 9.17) is 0 Å². The fourth-order valence-corrected chi connectivity index (χ4v) is 3.74. The molecule has 0 bridgehead atoms. The van der Waals surface area contributed by atoms with Crippen LogP contribution in [0.25, 0.3) is 0 Å². The van der Waals surface area contributed by atoms with Gasteiger partial charge in [0.25, 0.3) is 0 Å². The number of aromatic nitrogens is 2. The van der Waals surface area contributed by atoms with Gasteiger partial charge in [0, 0.05) is 18.8 Å². The predicted molar refractivity (Wildman–Crippen MR) is 85.0 cm³/mol. The summed E-state index contributed by atoms with van der Waals surface area (Å²) in [6.07, 6.45) is 9.58. The maximum absolute atomic E-state index is 4.53. The monoisotopic (exact) mass is 277 g/mol. The fraction of sp³-hybridized carbons (Fsp3) is 0.824. The minimum absolute atomic E-state index is 0.683. The van der Waals surface area contributed by atoms with Crippen LogP contribution in [0.15, 0.2) is 0 Å². The van der Waals surface area contributed by atoms with Crippen LogP contribution in [0.4, 0.5) is 0 Å². The van der Waals surface area contributed by atoms with Crippen molar-refractivity contribution in [3.8, 4) is 0 Å². The predicted octanol–water partition coefficient (Wildman–Crippen LogP) is 3.53. The average molecular weight is 277 g/mol. The highest BCUT2D eigenvalue weighted by Gasteiger charge is 2.20. The summed E-state index contributed by atoms with van der Waals surface area (Å²) in [4.78, 5) is 0. The van der Waals surface area contributed by atoms with Crippen molar-refractivity contribution in [2.24, 2.45) is 13.0 Å². The lowest BCUT2D eigenvalue weighted by atomic mass is 9.93. The van der Waals surface area contributed by atoms with Gasteiger partial charge in [0.1, 0.15) is 0 Å². The van der Waals surface area contributed by atoms with Crippen LogP contribution in [0.5, 0.6) is 0 Å². The molecule has 1 aromatic heterocycles. The van der Waals surface area contributed by atoms with Crippen LogP contribution < -0.4 is 5.32 Å². The topological polar surface area (TPSA) is 29.9 Å². The van der Waals surface area contributed by atoms with Crippen LogP contribution in [0, 0.1) is 19.8 Å². The molecule has 2 rings (SSSR count). The average Bonchev–Trinajstić information content (AvgIpc) is 2.98. The van der Waals surface area contributed by atoms with Gasteiger partial charge >= 0.3 is 0 Å². The van der Waals surface area contributed by atoms with E-state index in [-0.39, 0.29) is 0 Å². The second kappa shape index (κ2) is 7.26. The van der Waals surface area contributed by atoms with E-state index >= 15 is 0 Å². The maximum atomic E-state index is 4.53. The summed E-state index contributed by atoms with van der Waals surface area (Å²) in [7, 11) is 2.05. The van der Waals surface area contributed by atoms with E-state index < -0.39 is 0 Å². The highest BCUT2D eigenvalue weighted by atomic mass is 15.3. The van der Waals surface area contributed by atoms with E-state index in [0.29, 0.717) is 6.04 Å². The van der Waals surface area contributed by atoms with Crippen LogP contribution in [0.1, 0.15) is 62.4 Å². The number of nitrogens with one attached hydrogen (secondary N) is 1. The molecule has 0 aromatic carbocycles. The molecule has 1 N–H and O–H groups in total. The van der Waals surface area contributed by atoms with Crippen molar-refractivity contribution in [1.29, 1.82) is 0 Å². The Morgan fingerprint density at radius 2 is 2.00 bits per heavy atom. The smallest absolute Gasteiger partial charge is 0.0628 e.